The van der Waals surface area contributed by atoms with E-state index in [0.717, 1.165) is 43.3 Å². The maximum Gasteiger partial charge on any atom is 0.269 e. The Kier molecular flexibility index (Phi) is 5.76. The zero-order valence-corrected chi connectivity index (χ0v) is 13.7. The number of nitrogens with one attached hydrogen (secondary N) is 1. The number of non-ortho nitro benzene ring substituents is 1. The Hall–Kier alpha value is -1.89. The molecular weight excluding hydrogens is 318 g/mol. The van der Waals surface area contributed by atoms with Gasteiger partial charge in [-0.3, -0.25) is 15.0 Å². The van der Waals surface area contributed by atoms with E-state index in [1.165, 1.54) is 12.1 Å². The second-order valence-corrected chi connectivity index (χ2v) is 5.66. The predicted octanol–water partition coefficient (Wildman–Crippen LogP) is 3.07. The molecule has 0 saturated carbocycles. The molecule has 1 aliphatic rings. The summed E-state index contributed by atoms with van der Waals surface area (Å²) in [4.78, 5) is 12.6. The molecule has 2 aromatic rings. The Bertz CT molecular complexity index is 657. The number of hydrogen-bond donors (Lipinski definition) is 1. The highest BCUT2D eigenvalue weighted by Crippen LogP contribution is 2.25. The Morgan fingerprint density at radius 1 is 1.30 bits per heavy atom. The van der Waals surface area contributed by atoms with Crippen LogP contribution in [0.4, 0.5) is 5.69 Å². The summed E-state index contributed by atoms with van der Waals surface area (Å²) in [5.74, 6) is 1.66. The van der Waals surface area contributed by atoms with Gasteiger partial charge in [-0.25, -0.2) is 0 Å². The van der Waals surface area contributed by atoms with Gasteiger partial charge in [-0.1, -0.05) is 0 Å². The van der Waals surface area contributed by atoms with Gasteiger partial charge < -0.3 is 9.73 Å². The molecule has 1 N–H and O–H groups in total. The van der Waals surface area contributed by atoms with Crippen molar-refractivity contribution >= 4 is 18.1 Å². The third-order valence-corrected chi connectivity index (χ3v) is 3.86. The maximum atomic E-state index is 10.7. The van der Waals surface area contributed by atoms with Gasteiger partial charge in [0, 0.05) is 43.4 Å². The molecule has 0 bridgehead atoms. The second kappa shape index (κ2) is 7.59. The highest BCUT2D eigenvalue weighted by Gasteiger charge is 2.17. The highest BCUT2D eigenvalue weighted by atomic mass is 35.5. The van der Waals surface area contributed by atoms with E-state index < -0.39 is 4.92 Å². The number of nitro benzene ring substituents is 1. The van der Waals surface area contributed by atoms with Crippen LogP contribution < -0.4 is 5.32 Å². The van der Waals surface area contributed by atoms with Gasteiger partial charge in [-0.2, -0.15) is 0 Å². The standard InChI is InChI=1S/C16H19N3O3.ClH/c1-12-10-18(9-8-17-12)11-15-6-7-16(22-15)13-2-4-14(5-3-13)19(20)21;/h2-7,12,17H,8-11H2,1H3;1H. The monoisotopic (exact) mass is 337 g/mol. The first-order chi connectivity index (χ1) is 10.6. The number of rotatable bonds is 4. The molecule has 1 saturated heterocycles. The minimum atomic E-state index is -0.400. The molecule has 1 aromatic heterocycles. The van der Waals surface area contributed by atoms with Crippen LogP contribution in [0, 0.1) is 10.1 Å². The molecule has 1 aliphatic heterocycles. The summed E-state index contributed by atoms with van der Waals surface area (Å²) in [6.07, 6.45) is 0. The molecule has 6 nitrogen and oxygen atoms in total. The Morgan fingerprint density at radius 3 is 2.70 bits per heavy atom. The van der Waals surface area contributed by atoms with Gasteiger partial charge in [0.2, 0.25) is 0 Å². The Balaban J connectivity index is 0.00000192. The van der Waals surface area contributed by atoms with Gasteiger partial charge in [0.25, 0.3) is 5.69 Å². The largest absolute Gasteiger partial charge is 0.460 e. The number of benzene rings is 1. The number of nitrogens with zero attached hydrogens (tertiary/aromatic N) is 2. The van der Waals surface area contributed by atoms with Crippen LogP contribution in [0.2, 0.25) is 0 Å². The number of nitro groups is 1. The third kappa shape index (κ3) is 4.31. The molecule has 124 valence electrons. The van der Waals surface area contributed by atoms with Gasteiger partial charge in [-0.15, -0.1) is 12.4 Å². The first kappa shape index (κ1) is 17.5. The highest BCUT2D eigenvalue weighted by molar-refractivity contribution is 5.85. The Morgan fingerprint density at radius 2 is 2.04 bits per heavy atom. The van der Waals surface area contributed by atoms with E-state index in [-0.39, 0.29) is 18.1 Å². The van der Waals surface area contributed by atoms with Crippen LogP contribution in [0.1, 0.15) is 12.7 Å². The van der Waals surface area contributed by atoms with Crippen LogP contribution in [0.15, 0.2) is 40.8 Å². The maximum absolute atomic E-state index is 10.7. The van der Waals surface area contributed by atoms with Crippen molar-refractivity contribution < 1.29 is 9.34 Å². The van der Waals surface area contributed by atoms with Gasteiger partial charge in [0.15, 0.2) is 0 Å². The lowest BCUT2D eigenvalue weighted by molar-refractivity contribution is -0.384. The fraction of sp³-hybridized carbons (Fsp3) is 0.375. The molecule has 0 aliphatic carbocycles. The van der Waals surface area contributed by atoms with Crippen molar-refractivity contribution in [2.24, 2.45) is 0 Å². The molecule has 0 amide bonds. The predicted molar refractivity (Wildman–Crippen MR) is 90.8 cm³/mol. The van der Waals surface area contributed by atoms with Gasteiger partial charge in [0.1, 0.15) is 11.5 Å². The molecule has 2 heterocycles. The second-order valence-electron chi connectivity index (χ2n) is 5.66. The molecule has 0 spiro atoms. The van der Waals surface area contributed by atoms with Crippen molar-refractivity contribution in [3.8, 4) is 11.3 Å². The zero-order valence-electron chi connectivity index (χ0n) is 12.9. The number of halogens is 1. The summed E-state index contributed by atoms with van der Waals surface area (Å²) in [5, 5.41) is 14.1. The molecule has 0 radical (unpaired) electrons. The topological polar surface area (TPSA) is 71.5 Å². The number of piperazine rings is 1. The summed E-state index contributed by atoms with van der Waals surface area (Å²) in [6.45, 7) is 5.98. The molecule has 1 atom stereocenters. The van der Waals surface area contributed by atoms with Crippen LogP contribution in [-0.4, -0.2) is 35.5 Å². The lowest BCUT2D eigenvalue weighted by atomic mass is 10.1. The van der Waals surface area contributed by atoms with Gasteiger partial charge >= 0.3 is 0 Å². The summed E-state index contributed by atoms with van der Waals surface area (Å²) in [5.41, 5.74) is 0.941. The smallest absolute Gasteiger partial charge is 0.269 e. The fourth-order valence-corrected chi connectivity index (χ4v) is 2.74. The minimum absolute atomic E-state index is 0. The summed E-state index contributed by atoms with van der Waals surface area (Å²) in [7, 11) is 0. The number of hydrogen-bond acceptors (Lipinski definition) is 5. The Labute approximate surface area is 141 Å². The summed E-state index contributed by atoms with van der Waals surface area (Å²) < 4.78 is 5.88. The zero-order chi connectivity index (χ0) is 15.5. The summed E-state index contributed by atoms with van der Waals surface area (Å²) >= 11 is 0. The van der Waals surface area contributed by atoms with E-state index in [1.54, 1.807) is 12.1 Å². The molecule has 1 aromatic carbocycles. The quantitative estimate of drug-likeness (QED) is 0.685. The lowest BCUT2D eigenvalue weighted by Gasteiger charge is -2.31. The third-order valence-electron chi connectivity index (χ3n) is 3.86. The van der Waals surface area contributed by atoms with Crippen molar-refractivity contribution in [2.75, 3.05) is 19.6 Å². The number of furan rings is 1. The molecule has 1 unspecified atom stereocenters. The van der Waals surface area contributed by atoms with E-state index in [9.17, 15) is 10.1 Å². The molecule has 3 rings (SSSR count). The lowest BCUT2D eigenvalue weighted by Crippen LogP contribution is -2.48. The first-order valence-electron chi connectivity index (χ1n) is 7.41. The molecule has 7 heteroatoms. The van der Waals surface area contributed by atoms with E-state index in [2.05, 4.69) is 17.1 Å². The van der Waals surface area contributed by atoms with E-state index in [4.69, 9.17) is 4.42 Å². The molecule has 23 heavy (non-hydrogen) atoms. The minimum Gasteiger partial charge on any atom is -0.460 e. The normalized spacial score (nSPS) is 18.4. The first-order valence-corrected chi connectivity index (χ1v) is 7.41. The molecular formula is C16H20ClN3O3. The van der Waals surface area contributed by atoms with Gasteiger partial charge in [0.05, 0.1) is 11.5 Å². The average molecular weight is 338 g/mol. The van der Waals surface area contributed by atoms with Crippen LogP contribution in [-0.2, 0) is 6.54 Å². The van der Waals surface area contributed by atoms with Crippen molar-refractivity contribution in [3.05, 3.63) is 52.3 Å². The van der Waals surface area contributed by atoms with Crippen LogP contribution in [0.5, 0.6) is 0 Å². The van der Waals surface area contributed by atoms with Crippen LogP contribution >= 0.6 is 12.4 Å². The van der Waals surface area contributed by atoms with Crippen molar-refractivity contribution in [3.63, 3.8) is 0 Å². The fourth-order valence-electron chi connectivity index (χ4n) is 2.74. The van der Waals surface area contributed by atoms with Crippen molar-refractivity contribution in [1.82, 2.24) is 10.2 Å². The van der Waals surface area contributed by atoms with Crippen LogP contribution in [0.25, 0.3) is 11.3 Å². The SMILES string of the molecule is CC1CN(Cc2ccc(-c3ccc([N+](=O)[O-])cc3)o2)CCN1.Cl. The van der Waals surface area contributed by atoms with E-state index in [0.29, 0.717) is 6.04 Å². The molecule has 1 fully saturated rings. The van der Waals surface area contributed by atoms with E-state index >= 15 is 0 Å². The van der Waals surface area contributed by atoms with Crippen molar-refractivity contribution in [2.45, 2.75) is 19.5 Å². The average Bonchev–Trinajstić information content (AvgIpc) is 2.96. The van der Waals surface area contributed by atoms with Crippen LogP contribution in [0.3, 0.4) is 0 Å². The van der Waals surface area contributed by atoms with E-state index in [1.807, 2.05) is 12.1 Å². The summed E-state index contributed by atoms with van der Waals surface area (Å²) in [6, 6.07) is 10.8. The van der Waals surface area contributed by atoms with Crippen molar-refractivity contribution in [1.29, 1.82) is 0 Å². The van der Waals surface area contributed by atoms with Gasteiger partial charge in [-0.05, 0) is 31.2 Å².